The van der Waals surface area contributed by atoms with Crippen LogP contribution < -0.4 is 5.32 Å². The van der Waals surface area contributed by atoms with Crippen LogP contribution in [0.15, 0.2) is 60.4 Å². The summed E-state index contributed by atoms with van der Waals surface area (Å²) in [5.74, 6) is -0.336. The lowest BCUT2D eigenvalue weighted by molar-refractivity contribution is -0.384. The van der Waals surface area contributed by atoms with Crippen LogP contribution in [-0.4, -0.2) is 32.9 Å². The molecule has 1 N–H and O–H groups in total. The number of amides is 3. The minimum Gasteiger partial charge on any atom is -0.342 e. The van der Waals surface area contributed by atoms with Crippen molar-refractivity contribution in [1.82, 2.24) is 14.8 Å². The zero-order valence-electron chi connectivity index (χ0n) is 16.4. The number of carbonyl (C=O) groups excluding carboxylic acids is 2. The first kappa shape index (κ1) is 19.4. The number of rotatable bonds is 6. The molecular formula is C22H20N4O4. The van der Waals surface area contributed by atoms with Gasteiger partial charge in [0.2, 0.25) is 0 Å². The molecule has 3 amide bonds. The first-order valence-electron chi connectivity index (χ1n) is 9.63. The van der Waals surface area contributed by atoms with Crippen LogP contribution in [0.1, 0.15) is 24.5 Å². The van der Waals surface area contributed by atoms with Gasteiger partial charge < -0.3 is 9.88 Å². The van der Waals surface area contributed by atoms with Crippen molar-refractivity contribution < 1.29 is 14.5 Å². The van der Waals surface area contributed by atoms with Gasteiger partial charge in [0.1, 0.15) is 5.70 Å². The van der Waals surface area contributed by atoms with Crippen LogP contribution in [0.3, 0.4) is 0 Å². The van der Waals surface area contributed by atoms with Gasteiger partial charge in [0, 0.05) is 47.9 Å². The molecule has 3 aromatic rings. The predicted octanol–water partition coefficient (Wildman–Crippen LogP) is 3.90. The molecule has 1 saturated heterocycles. The number of hydrogen-bond acceptors (Lipinski definition) is 4. The summed E-state index contributed by atoms with van der Waals surface area (Å²) in [5.41, 5.74) is 2.80. The number of benzene rings is 2. The first-order valence-corrected chi connectivity index (χ1v) is 9.63. The Hall–Kier alpha value is -3.94. The van der Waals surface area contributed by atoms with Gasteiger partial charge in [-0.3, -0.25) is 19.8 Å². The average molecular weight is 404 g/mol. The summed E-state index contributed by atoms with van der Waals surface area (Å²) in [6.07, 6.45) is 4.26. The zero-order valence-corrected chi connectivity index (χ0v) is 16.4. The molecule has 30 heavy (non-hydrogen) atoms. The molecule has 0 spiro atoms. The Kier molecular flexibility index (Phi) is 5.05. The van der Waals surface area contributed by atoms with Crippen molar-refractivity contribution >= 4 is 34.6 Å². The fourth-order valence-electron chi connectivity index (χ4n) is 3.64. The molecule has 4 rings (SSSR count). The second kappa shape index (κ2) is 7.82. The maximum atomic E-state index is 12.5. The fourth-order valence-corrected chi connectivity index (χ4v) is 3.64. The molecule has 8 nitrogen and oxygen atoms in total. The Bertz CT molecular complexity index is 1190. The van der Waals surface area contributed by atoms with Gasteiger partial charge in [-0.15, -0.1) is 0 Å². The smallest absolute Gasteiger partial charge is 0.329 e. The minimum atomic E-state index is -0.413. The number of urea groups is 1. The Labute approximate surface area is 172 Å². The van der Waals surface area contributed by atoms with E-state index < -0.39 is 11.0 Å². The number of non-ortho nitro benzene ring substituents is 1. The third-order valence-corrected chi connectivity index (χ3v) is 5.00. The monoisotopic (exact) mass is 404 g/mol. The maximum Gasteiger partial charge on any atom is 0.329 e. The number of nitrogens with zero attached hydrogens (tertiary/aromatic N) is 3. The van der Waals surface area contributed by atoms with Crippen molar-refractivity contribution in [2.24, 2.45) is 0 Å². The van der Waals surface area contributed by atoms with Crippen LogP contribution in [0, 0.1) is 10.1 Å². The number of hydrogen-bond donors (Lipinski definition) is 1. The molecule has 0 aliphatic carbocycles. The van der Waals surface area contributed by atoms with E-state index in [2.05, 4.69) is 5.32 Å². The molecule has 0 radical (unpaired) electrons. The summed E-state index contributed by atoms with van der Waals surface area (Å²) in [5, 5.41) is 14.6. The van der Waals surface area contributed by atoms with Gasteiger partial charge >= 0.3 is 6.03 Å². The third kappa shape index (κ3) is 3.55. The van der Waals surface area contributed by atoms with Crippen molar-refractivity contribution in [3.8, 4) is 0 Å². The van der Waals surface area contributed by atoms with Crippen molar-refractivity contribution in [2.75, 3.05) is 6.54 Å². The Morgan fingerprint density at radius 2 is 1.93 bits per heavy atom. The van der Waals surface area contributed by atoms with Gasteiger partial charge in [-0.1, -0.05) is 37.3 Å². The first-order chi connectivity index (χ1) is 14.5. The molecular weight excluding hydrogens is 384 g/mol. The van der Waals surface area contributed by atoms with E-state index >= 15 is 0 Å². The van der Waals surface area contributed by atoms with Crippen LogP contribution in [0.4, 0.5) is 10.5 Å². The zero-order chi connectivity index (χ0) is 21.3. The molecule has 2 heterocycles. The van der Waals surface area contributed by atoms with Crippen molar-refractivity contribution in [3.05, 3.63) is 81.7 Å². The van der Waals surface area contributed by atoms with E-state index in [1.165, 1.54) is 11.0 Å². The van der Waals surface area contributed by atoms with Crippen LogP contribution in [0.2, 0.25) is 0 Å². The molecule has 0 saturated carbocycles. The number of aromatic nitrogens is 1. The number of imide groups is 1. The SMILES string of the molecule is CCCN1C(=O)N/C(=C/c2cn(Cc3cccc([N+](=O)[O-])c3)c3ccccc23)C1=O. The molecule has 1 aliphatic heterocycles. The molecule has 1 fully saturated rings. The number of nitro benzene ring substituents is 1. The molecule has 0 bridgehead atoms. The highest BCUT2D eigenvalue weighted by Gasteiger charge is 2.32. The highest BCUT2D eigenvalue weighted by atomic mass is 16.6. The lowest BCUT2D eigenvalue weighted by atomic mass is 10.1. The molecule has 0 atom stereocenters. The van der Waals surface area contributed by atoms with Crippen molar-refractivity contribution in [3.63, 3.8) is 0 Å². The summed E-state index contributed by atoms with van der Waals surface area (Å²) < 4.78 is 1.98. The summed E-state index contributed by atoms with van der Waals surface area (Å²) >= 11 is 0. The van der Waals surface area contributed by atoms with Crippen LogP contribution in [-0.2, 0) is 11.3 Å². The summed E-state index contributed by atoms with van der Waals surface area (Å²) in [6.45, 7) is 2.72. The largest absolute Gasteiger partial charge is 0.342 e. The second-order valence-electron chi connectivity index (χ2n) is 7.10. The van der Waals surface area contributed by atoms with E-state index in [9.17, 15) is 19.7 Å². The van der Waals surface area contributed by atoms with E-state index in [0.29, 0.717) is 19.5 Å². The number of carbonyl (C=O) groups is 2. The van der Waals surface area contributed by atoms with Gasteiger partial charge in [-0.2, -0.15) is 0 Å². The van der Waals surface area contributed by atoms with Crippen LogP contribution in [0.25, 0.3) is 17.0 Å². The van der Waals surface area contributed by atoms with Gasteiger partial charge in [0.15, 0.2) is 0 Å². The quantitative estimate of drug-likeness (QED) is 0.292. The lowest BCUT2D eigenvalue weighted by Gasteiger charge is -2.08. The highest BCUT2D eigenvalue weighted by Crippen LogP contribution is 2.26. The Morgan fingerprint density at radius 3 is 2.70 bits per heavy atom. The van der Waals surface area contributed by atoms with E-state index in [-0.39, 0.29) is 17.3 Å². The lowest BCUT2D eigenvalue weighted by Crippen LogP contribution is -2.31. The average Bonchev–Trinajstić information content (AvgIpc) is 3.21. The normalized spacial score (nSPS) is 15.2. The maximum absolute atomic E-state index is 12.5. The molecule has 2 aromatic carbocycles. The van der Waals surface area contributed by atoms with Crippen LogP contribution in [0.5, 0.6) is 0 Å². The van der Waals surface area contributed by atoms with E-state index in [4.69, 9.17) is 0 Å². The summed E-state index contributed by atoms with van der Waals surface area (Å²) in [6, 6.07) is 13.8. The van der Waals surface area contributed by atoms with Gasteiger partial charge in [0.05, 0.1) is 4.92 Å². The number of nitro groups is 1. The van der Waals surface area contributed by atoms with E-state index in [0.717, 1.165) is 22.0 Å². The van der Waals surface area contributed by atoms with E-state index in [1.54, 1.807) is 18.2 Å². The predicted molar refractivity (Wildman–Crippen MR) is 113 cm³/mol. The Balaban J connectivity index is 1.72. The Morgan fingerprint density at radius 1 is 1.13 bits per heavy atom. The van der Waals surface area contributed by atoms with Crippen LogP contribution >= 0.6 is 0 Å². The minimum absolute atomic E-state index is 0.0431. The fraction of sp³-hybridized carbons (Fsp3) is 0.182. The summed E-state index contributed by atoms with van der Waals surface area (Å²) in [7, 11) is 0. The molecule has 1 aliphatic rings. The number of fused-ring (bicyclic) bond motifs is 1. The van der Waals surface area contributed by atoms with Crippen molar-refractivity contribution in [2.45, 2.75) is 19.9 Å². The highest BCUT2D eigenvalue weighted by molar-refractivity contribution is 6.14. The van der Waals surface area contributed by atoms with E-state index in [1.807, 2.05) is 48.0 Å². The standard InChI is InChI=1S/C22H20N4O4/c1-2-10-25-21(27)19(23-22(25)28)12-16-14-24(20-9-4-3-8-18(16)20)13-15-6-5-7-17(11-15)26(29)30/h3-9,11-12,14H,2,10,13H2,1H3,(H,23,28)/b19-12+. The number of nitrogens with one attached hydrogen (secondary N) is 1. The molecule has 0 unspecified atom stereocenters. The second-order valence-corrected chi connectivity index (χ2v) is 7.10. The van der Waals surface area contributed by atoms with Gasteiger partial charge in [-0.05, 0) is 24.1 Å². The third-order valence-electron chi connectivity index (χ3n) is 5.00. The van der Waals surface area contributed by atoms with Gasteiger partial charge in [-0.25, -0.2) is 4.79 Å². The number of para-hydroxylation sites is 1. The molecule has 8 heteroatoms. The van der Waals surface area contributed by atoms with Crippen molar-refractivity contribution in [1.29, 1.82) is 0 Å². The molecule has 152 valence electrons. The molecule has 1 aromatic heterocycles. The topological polar surface area (TPSA) is 97.5 Å². The summed E-state index contributed by atoms with van der Waals surface area (Å²) in [4.78, 5) is 36.5. The van der Waals surface area contributed by atoms with Gasteiger partial charge in [0.25, 0.3) is 11.6 Å².